The fourth-order valence-corrected chi connectivity index (χ4v) is 2.79. The van der Waals surface area contributed by atoms with Crippen molar-refractivity contribution in [2.24, 2.45) is 0 Å². The highest BCUT2D eigenvalue weighted by Crippen LogP contribution is 2.24. The summed E-state index contributed by atoms with van der Waals surface area (Å²) in [6.07, 6.45) is 5.25. The molecule has 1 aliphatic heterocycles. The number of aryl methyl sites for hydroxylation is 1. The molecule has 9 nitrogen and oxygen atoms in total. The van der Waals surface area contributed by atoms with Gasteiger partial charge in [-0.05, 0) is 43.5 Å². The van der Waals surface area contributed by atoms with Crippen LogP contribution in [0.1, 0.15) is 29.9 Å². The van der Waals surface area contributed by atoms with Gasteiger partial charge in [0.1, 0.15) is 5.75 Å². The normalized spacial score (nSPS) is 16.4. The van der Waals surface area contributed by atoms with Crippen LogP contribution in [0.3, 0.4) is 0 Å². The number of nitrogens with one attached hydrogen (secondary N) is 1. The summed E-state index contributed by atoms with van der Waals surface area (Å²) in [4.78, 5) is 22.3. The van der Waals surface area contributed by atoms with E-state index in [1.807, 2.05) is 0 Å². The Bertz CT molecular complexity index is 853. The number of aromatic nitrogens is 1. The molecule has 0 radical (unpaired) electrons. The van der Waals surface area contributed by atoms with Gasteiger partial charge in [-0.15, -0.1) is 0 Å². The second-order valence-electron chi connectivity index (χ2n) is 6.37. The third-order valence-electron chi connectivity index (χ3n) is 4.27. The molecule has 9 heteroatoms. The number of carbonyl (C=O) groups excluding carboxylic acids is 1. The fourth-order valence-electron chi connectivity index (χ4n) is 2.79. The van der Waals surface area contributed by atoms with E-state index in [0.717, 1.165) is 25.0 Å². The van der Waals surface area contributed by atoms with E-state index in [-0.39, 0.29) is 35.8 Å². The fraction of sp³-hybridized carbons (Fsp3) is 0.368. The summed E-state index contributed by atoms with van der Waals surface area (Å²) in [7, 11) is 0. The number of hydrogen-bond donors (Lipinski definition) is 1. The van der Waals surface area contributed by atoms with Gasteiger partial charge in [0.15, 0.2) is 12.3 Å². The molecule has 1 aliphatic rings. The lowest BCUT2D eigenvalue weighted by Crippen LogP contribution is -2.35. The molecular formula is C19H21N3O6. The number of benzene rings is 1. The molecule has 1 N–H and O–H groups in total. The Labute approximate surface area is 161 Å². The maximum absolute atomic E-state index is 11.8. The van der Waals surface area contributed by atoms with E-state index < -0.39 is 4.92 Å². The summed E-state index contributed by atoms with van der Waals surface area (Å²) in [6.45, 7) is 2.69. The number of nitrogens with zero attached hydrogens (tertiary/aromatic N) is 2. The van der Waals surface area contributed by atoms with Crippen molar-refractivity contribution in [3.05, 3.63) is 51.4 Å². The summed E-state index contributed by atoms with van der Waals surface area (Å²) in [5, 5.41) is 17.4. The number of hydrogen-bond acceptors (Lipinski definition) is 7. The van der Waals surface area contributed by atoms with E-state index in [2.05, 4.69) is 10.5 Å². The lowest BCUT2D eigenvalue weighted by Gasteiger charge is -2.11. The molecule has 2 aromatic rings. The highest BCUT2D eigenvalue weighted by Gasteiger charge is 2.21. The van der Waals surface area contributed by atoms with Crippen molar-refractivity contribution in [3.63, 3.8) is 0 Å². The van der Waals surface area contributed by atoms with Crippen LogP contribution in [0.15, 0.2) is 28.8 Å². The Hall–Kier alpha value is -3.20. The van der Waals surface area contributed by atoms with Gasteiger partial charge >= 0.3 is 5.69 Å². The number of amides is 1. The first-order valence-electron chi connectivity index (χ1n) is 8.93. The van der Waals surface area contributed by atoms with Crippen molar-refractivity contribution in [3.8, 4) is 5.75 Å². The molecule has 1 fully saturated rings. The van der Waals surface area contributed by atoms with Crippen LogP contribution in [0.4, 0.5) is 5.69 Å². The molecule has 1 aromatic carbocycles. The van der Waals surface area contributed by atoms with E-state index >= 15 is 0 Å². The van der Waals surface area contributed by atoms with E-state index in [1.54, 1.807) is 30.3 Å². The smallest absolute Gasteiger partial charge is 0.338 e. The molecule has 2 heterocycles. The van der Waals surface area contributed by atoms with Crippen LogP contribution in [-0.4, -0.2) is 41.8 Å². The van der Waals surface area contributed by atoms with Gasteiger partial charge in [-0.3, -0.25) is 14.9 Å². The molecule has 28 heavy (non-hydrogen) atoms. The monoisotopic (exact) mass is 387 g/mol. The Balaban J connectivity index is 1.49. The van der Waals surface area contributed by atoms with E-state index in [0.29, 0.717) is 12.3 Å². The Morgan fingerprint density at radius 3 is 2.86 bits per heavy atom. The highest BCUT2D eigenvalue weighted by molar-refractivity contribution is 5.77. The van der Waals surface area contributed by atoms with E-state index in [1.165, 1.54) is 13.0 Å². The van der Waals surface area contributed by atoms with Crippen LogP contribution in [0.25, 0.3) is 12.2 Å². The molecular weight excluding hydrogens is 366 g/mol. The van der Waals surface area contributed by atoms with Gasteiger partial charge in [0.05, 0.1) is 11.0 Å². The molecule has 1 saturated heterocycles. The first-order chi connectivity index (χ1) is 13.5. The maximum atomic E-state index is 11.8. The number of nitro groups is 1. The zero-order valence-corrected chi connectivity index (χ0v) is 15.4. The Morgan fingerprint density at radius 2 is 2.18 bits per heavy atom. The Morgan fingerprint density at radius 1 is 1.39 bits per heavy atom. The lowest BCUT2D eigenvalue weighted by atomic mass is 10.2. The second kappa shape index (κ2) is 9.14. The lowest BCUT2D eigenvalue weighted by molar-refractivity contribution is -0.386. The standard InChI is InChI=1S/C19H21N3O6/c1-13-19(22(24)25)17(28-21-13)9-6-14-4-7-15(8-5-14)27-12-18(23)20-11-16-3-2-10-26-16/h4-9,16H,2-3,10-12H2,1H3,(H,20,23)/b9-6+/t16-/m1/s1. The molecule has 0 saturated carbocycles. The van der Waals surface area contributed by atoms with Gasteiger partial charge in [-0.25, -0.2) is 0 Å². The number of carbonyl (C=O) groups is 1. The quantitative estimate of drug-likeness (QED) is 0.547. The van der Waals surface area contributed by atoms with Crippen molar-refractivity contribution in [1.29, 1.82) is 0 Å². The third-order valence-corrected chi connectivity index (χ3v) is 4.27. The van der Waals surface area contributed by atoms with Crippen molar-refractivity contribution >= 4 is 23.7 Å². The average Bonchev–Trinajstić information content (AvgIpc) is 3.33. The van der Waals surface area contributed by atoms with Gasteiger partial charge in [0.2, 0.25) is 5.76 Å². The van der Waals surface area contributed by atoms with Crippen LogP contribution in [-0.2, 0) is 9.53 Å². The van der Waals surface area contributed by atoms with Crippen molar-refractivity contribution in [2.75, 3.05) is 19.8 Å². The molecule has 0 bridgehead atoms. The maximum Gasteiger partial charge on any atom is 0.338 e. The van der Waals surface area contributed by atoms with Crippen molar-refractivity contribution < 1.29 is 23.7 Å². The summed E-state index contributed by atoms with van der Waals surface area (Å²) in [5.74, 6) is 0.434. The largest absolute Gasteiger partial charge is 0.484 e. The van der Waals surface area contributed by atoms with Gasteiger partial charge in [0.25, 0.3) is 5.91 Å². The third kappa shape index (κ3) is 5.17. The average molecular weight is 387 g/mol. The van der Waals surface area contributed by atoms with Gasteiger partial charge < -0.3 is 19.3 Å². The van der Waals surface area contributed by atoms with Crippen molar-refractivity contribution in [1.82, 2.24) is 10.5 Å². The first kappa shape index (κ1) is 19.6. The molecule has 148 valence electrons. The molecule has 1 amide bonds. The van der Waals surface area contributed by atoms with Crippen LogP contribution < -0.4 is 10.1 Å². The highest BCUT2D eigenvalue weighted by atomic mass is 16.6. The Kier molecular flexibility index (Phi) is 6.38. The molecule has 1 aromatic heterocycles. The van der Waals surface area contributed by atoms with E-state index in [9.17, 15) is 14.9 Å². The van der Waals surface area contributed by atoms with Crippen LogP contribution >= 0.6 is 0 Å². The topological polar surface area (TPSA) is 117 Å². The summed E-state index contributed by atoms with van der Waals surface area (Å²) >= 11 is 0. The minimum atomic E-state index is -0.521. The molecule has 1 atom stereocenters. The van der Waals surface area contributed by atoms with Crippen LogP contribution in [0, 0.1) is 17.0 Å². The van der Waals surface area contributed by atoms with Gasteiger partial charge in [-0.2, -0.15) is 0 Å². The SMILES string of the molecule is Cc1noc(/C=C/c2ccc(OCC(=O)NC[C@H]3CCCO3)cc2)c1[N+](=O)[O-]. The summed E-state index contributed by atoms with van der Waals surface area (Å²) in [6, 6.07) is 6.97. The molecule has 0 aliphatic carbocycles. The van der Waals surface area contributed by atoms with Crippen LogP contribution in [0.2, 0.25) is 0 Å². The van der Waals surface area contributed by atoms with E-state index in [4.69, 9.17) is 14.0 Å². The first-order valence-corrected chi connectivity index (χ1v) is 8.93. The molecule has 3 rings (SSSR count). The zero-order chi connectivity index (χ0) is 19.9. The predicted octanol–water partition coefficient (Wildman–Crippen LogP) is 2.74. The second-order valence-corrected chi connectivity index (χ2v) is 6.37. The summed E-state index contributed by atoms with van der Waals surface area (Å²) in [5.41, 5.74) is 0.870. The molecule has 0 spiro atoms. The number of ether oxygens (including phenoxy) is 2. The van der Waals surface area contributed by atoms with Gasteiger partial charge in [-0.1, -0.05) is 23.4 Å². The van der Waals surface area contributed by atoms with Crippen LogP contribution in [0.5, 0.6) is 5.75 Å². The minimum absolute atomic E-state index is 0.0779. The summed E-state index contributed by atoms with van der Waals surface area (Å²) < 4.78 is 15.9. The zero-order valence-electron chi connectivity index (χ0n) is 15.4. The minimum Gasteiger partial charge on any atom is -0.484 e. The van der Waals surface area contributed by atoms with Gasteiger partial charge in [0, 0.05) is 13.2 Å². The molecule has 0 unspecified atom stereocenters. The van der Waals surface area contributed by atoms with Crippen molar-refractivity contribution in [2.45, 2.75) is 25.9 Å². The predicted molar refractivity (Wildman–Crippen MR) is 101 cm³/mol. The number of rotatable bonds is 8.